The number of rotatable bonds is 8. The molecule has 1 atom stereocenters. The molecule has 1 N–H and O–H groups in total. The maximum Gasteiger partial charge on any atom is 0.234 e. The van der Waals surface area contributed by atoms with Gasteiger partial charge in [-0.3, -0.25) is 9.59 Å². The van der Waals surface area contributed by atoms with Crippen molar-refractivity contribution in [2.45, 2.75) is 45.7 Å². The van der Waals surface area contributed by atoms with E-state index in [4.69, 9.17) is 0 Å². The molecule has 0 bridgehead atoms. The number of carbonyl (C=O) groups excluding carboxylic acids is 2. The van der Waals surface area contributed by atoms with Crippen molar-refractivity contribution in [3.05, 3.63) is 59.7 Å². The van der Waals surface area contributed by atoms with Gasteiger partial charge in [-0.15, -0.1) is 10.2 Å². The average molecular weight is 477 g/mol. The first-order chi connectivity index (χ1) is 16.8. The van der Waals surface area contributed by atoms with Crippen LogP contribution in [0, 0.1) is 5.92 Å². The number of amides is 2. The van der Waals surface area contributed by atoms with Crippen LogP contribution in [0.5, 0.6) is 0 Å². The van der Waals surface area contributed by atoms with Gasteiger partial charge in [0.15, 0.2) is 5.82 Å². The van der Waals surface area contributed by atoms with Gasteiger partial charge >= 0.3 is 0 Å². The van der Waals surface area contributed by atoms with Crippen LogP contribution in [-0.4, -0.2) is 70.1 Å². The highest BCUT2D eigenvalue weighted by Gasteiger charge is 2.27. The molecule has 8 nitrogen and oxygen atoms in total. The molecule has 1 unspecified atom stereocenters. The molecule has 0 aliphatic carbocycles. The summed E-state index contributed by atoms with van der Waals surface area (Å²) in [6.45, 7) is 6.44. The summed E-state index contributed by atoms with van der Waals surface area (Å²) in [5.41, 5.74) is 1.05. The maximum absolute atomic E-state index is 13.3. The fraction of sp³-hybridized carbons (Fsp3) is 0.481. The number of hydrogen-bond donors (Lipinski definition) is 1. The van der Waals surface area contributed by atoms with E-state index in [9.17, 15) is 9.59 Å². The van der Waals surface area contributed by atoms with Gasteiger partial charge in [0.2, 0.25) is 11.8 Å². The van der Waals surface area contributed by atoms with Crippen LogP contribution in [0.25, 0.3) is 10.8 Å². The largest absolute Gasteiger partial charge is 0.345 e. The second-order valence-corrected chi connectivity index (χ2v) is 10.1. The van der Waals surface area contributed by atoms with E-state index in [1.165, 1.54) is 0 Å². The van der Waals surface area contributed by atoms with E-state index < -0.39 is 0 Å². The number of nitrogens with one attached hydrogen (secondary N) is 1. The summed E-state index contributed by atoms with van der Waals surface area (Å²) in [6, 6.07) is 14.1. The van der Waals surface area contributed by atoms with Crippen LogP contribution in [0.2, 0.25) is 0 Å². The third kappa shape index (κ3) is 6.06. The number of carbonyl (C=O) groups is 2. The van der Waals surface area contributed by atoms with Gasteiger partial charge in [0, 0.05) is 26.1 Å². The lowest BCUT2D eigenvalue weighted by Gasteiger charge is -2.23. The van der Waals surface area contributed by atoms with Gasteiger partial charge in [-0.1, -0.05) is 56.3 Å². The molecule has 3 aromatic rings. The first-order valence-corrected chi connectivity index (χ1v) is 12.4. The Morgan fingerprint density at radius 2 is 1.80 bits per heavy atom. The van der Waals surface area contributed by atoms with Crippen LogP contribution in [0.15, 0.2) is 42.5 Å². The zero-order valence-electron chi connectivity index (χ0n) is 21.2. The number of benzene rings is 2. The smallest absolute Gasteiger partial charge is 0.234 e. The summed E-state index contributed by atoms with van der Waals surface area (Å²) < 4.78 is 2.11. The van der Waals surface area contributed by atoms with Crippen LogP contribution in [0.3, 0.4) is 0 Å². The van der Waals surface area contributed by atoms with Gasteiger partial charge < -0.3 is 19.7 Å². The second-order valence-electron chi connectivity index (χ2n) is 10.1. The number of fused-ring (bicyclic) bond motifs is 2. The van der Waals surface area contributed by atoms with Gasteiger partial charge in [0.25, 0.3) is 0 Å². The van der Waals surface area contributed by atoms with Crippen molar-refractivity contribution >= 4 is 22.6 Å². The lowest BCUT2D eigenvalue weighted by molar-refractivity contribution is -0.130. The molecule has 35 heavy (non-hydrogen) atoms. The predicted octanol–water partition coefficient (Wildman–Crippen LogP) is 2.82. The van der Waals surface area contributed by atoms with Crippen molar-refractivity contribution in [2.24, 2.45) is 5.92 Å². The minimum atomic E-state index is -0.207. The highest BCUT2D eigenvalue weighted by Crippen LogP contribution is 2.23. The Labute approximate surface area is 207 Å². The molecule has 2 heterocycles. The van der Waals surface area contributed by atoms with Crippen LogP contribution >= 0.6 is 0 Å². The van der Waals surface area contributed by atoms with E-state index in [2.05, 4.69) is 52.1 Å². The monoisotopic (exact) mass is 476 g/mol. The van der Waals surface area contributed by atoms with Crippen LogP contribution in [0.4, 0.5) is 0 Å². The minimum Gasteiger partial charge on any atom is -0.345 e. The molecular weight excluding hydrogens is 440 g/mol. The molecule has 1 aromatic heterocycles. The Morgan fingerprint density at radius 1 is 1.03 bits per heavy atom. The highest BCUT2D eigenvalue weighted by molar-refractivity contribution is 5.90. The SMILES string of the molecule is CC(C)CC(NC(=O)CN(C)C)c1nnc2n1CCN(C(=O)Cc1cccc3ccccc13)CC2. The van der Waals surface area contributed by atoms with Gasteiger partial charge in [-0.05, 0) is 42.8 Å². The highest BCUT2D eigenvalue weighted by atomic mass is 16.2. The van der Waals surface area contributed by atoms with Crippen molar-refractivity contribution in [3.8, 4) is 0 Å². The quantitative estimate of drug-likeness (QED) is 0.541. The maximum atomic E-state index is 13.3. The average Bonchev–Trinajstić information content (AvgIpc) is 3.09. The zero-order valence-corrected chi connectivity index (χ0v) is 21.2. The van der Waals surface area contributed by atoms with Crippen molar-refractivity contribution in [2.75, 3.05) is 33.7 Å². The molecule has 0 radical (unpaired) electrons. The number of likely N-dealkylation sites (N-methyl/N-ethyl adjacent to an activating group) is 1. The third-order valence-electron chi connectivity index (χ3n) is 6.44. The second kappa shape index (κ2) is 11.0. The molecule has 0 spiro atoms. The summed E-state index contributed by atoms with van der Waals surface area (Å²) in [5.74, 6) is 2.13. The summed E-state index contributed by atoms with van der Waals surface area (Å²) >= 11 is 0. The lowest BCUT2D eigenvalue weighted by Crippen LogP contribution is -2.38. The number of nitrogens with zero attached hydrogens (tertiary/aromatic N) is 5. The van der Waals surface area contributed by atoms with E-state index in [-0.39, 0.29) is 17.9 Å². The fourth-order valence-corrected chi connectivity index (χ4v) is 4.80. The Hall–Kier alpha value is -3.26. The number of hydrogen-bond acceptors (Lipinski definition) is 5. The Morgan fingerprint density at radius 3 is 2.57 bits per heavy atom. The molecule has 2 amide bonds. The fourth-order valence-electron chi connectivity index (χ4n) is 4.80. The van der Waals surface area contributed by atoms with Crippen molar-refractivity contribution in [1.82, 2.24) is 29.9 Å². The van der Waals surface area contributed by atoms with Crippen molar-refractivity contribution in [3.63, 3.8) is 0 Å². The van der Waals surface area contributed by atoms with Gasteiger partial charge in [0.1, 0.15) is 5.82 Å². The number of aromatic nitrogens is 3. The molecule has 1 aliphatic heterocycles. The summed E-state index contributed by atoms with van der Waals surface area (Å²) in [7, 11) is 3.76. The molecule has 4 rings (SSSR count). The lowest BCUT2D eigenvalue weighted by atomic mass is 10.0. The summed E-state index contributed by atoms with van der Waals surface area (Å²) in [4.78, 5) is 29.6. The standard InChI is InChI=1S/C27H36N6O2/c1-19(2)16-23(28-25(34)18-31(3)4)27-30-29-24-12-13-32(14-15-33(24)27)26(35)17-21-10-7-9-20-8-5-6-11-22(20)21/h5-11,19,23H,12-18H2,1-4H3,(H,28,34). The van der Waals surface area contributed by atoms with E-state index in [1.807, 2.05) is 48.2 Å². The summed E-state index contributed by atoms with van der Waals surface area (Å²) in [6.07, 6.45) is 1.81. The third-order valence-corrected chi connectivity index (χ3v) is 6.44. The van der Waals surface area contributed by atoms with Crippen LogP contribution in [-0.2, 0) is 29.0 Å². The first kappa shape index (κ1) is 24.9. The molecular formula is C27H36N6O2. The Kier molecular flexibility index (Phi) is 7.80. The molecule has 0 saturated heterocycles. The predicted molar refractivity (Wildman–Crippen MR) is 137 cm³/mol. The molecule has 0 fully saturated rings. The van der Waals surface area contributed by atoms with Gasteiger partial charge in [-0.2, -0.15) is 0 Å². The van der Waals surface area contributed by atoms with E-state index in [1.54, 1.807) is 0 Å². The van der Waals surface area contributed by atoms with Gasteiger partial charge in [-0.25, -0.2) is 0 Å². The first-order valence-electron chi connectivity index (χ1n) is 12.4. The minimum absolute atomic E-state index is 0.0292. The summed E-state index contributed by atoms with van der Waals surface area (Å²) in [5, 5.41) is 14.4. The normalized spacial score (nSPS) is 14.7. The van der Waals surface area contributed by atoms with Crippen molar-refractivity contribution < 1.29 is 9.59 Å². The molecule has 186 valence electrons. The topological polar surface area (TPSA) is 83.4 Å². The van der Waals surface area contributed by atoms with Gasteiger partial charge in [0.05, 0.1) is 19.0 Å². The molecule has 1 aliphatic rings. The van der Waals surface area contributed by atoms with Crippen molar-refractivity contribution in [1.29, 1.82) is 0 Å². The van der Waals surface area contributed by atoms with E-state index in [0.717, 1.165) is 34.4 Å². The zero-order chi connectivity index (χ0) is 24.9. The Balaban J connectivity index is 1.47. The molecule has 2 aromatic carbocycles. The molecule has 0 saturated carbocycles. The van der Waals surface area contributed by atoms with Crippen LogP contribution < -0.4 is 5.32 Å². The van der Waals surface area contributed by atoms with Crippen LogP contribution in [0.1, 0.15) is 43.5 Å². The Bertz CT molecular complexity index is 1180. The van der Waals surface area contributed by atoms with E-state index in [0.29, 0.717) is 44.9 Å². The van der Waals surface area contributed by atoms with E-state index >= 15 is 0 Å². The molecule has 8 heteroatoms.